The van der Waals surface area contributed by atoms with E-state index in [1.165, 1.54) is 0 Å². The van der Waals surface area contributed by atoms with Crippen LogP contribution in [0.5, 0.6) is 0 Å². The normalized spacial score (nSPS) is 16.9. The summed E-state index contributed by atoms with van der Waals surface area (Å²) in [6, 6.07) is 1.83. The zero-order valence-corrected chi connectivity index (χ0v) is 11.3. The number of aromatic amines is 1. The highest BCUT2D eigenvalue weighted by Gasteiger charge is 2.14. The zero-order valence-electron chi connectivity index (χ0n) is 10.4. The molecular formula is C11H18N6S. The van der Waals surface area contributed by atoms with Crippen LogP contribution in [-0.2, 0) is 0 Å². The summed E-state index contributed by atoms with van der Waals surface area (Å²) in [7, 11) is 0. The number of aliphatic imine (C=N–C) groups is 1. The van der Waals surface area contributed by atoms with Crippen molar-refractivity contribution in [2.24, 2.45) is 10.7 Å². The largest absolute Gasteiger partial charge is 0.387 e. The van der Waals surface area contributed by atoms with Crippen LogP contribution in [0.1, 0.15) is 12.1 Å². The fraction of sp³-hybridized carbons (Fsp3) is 0.545. The number of nitrogens with one attached hydrogen (secondary N) is 2. The first-order valence-corrected chi connectivity index (χ1v) is 7.06. The lowest BCUT2D eigenvalue weighted by molar-refractivity contribution is 0.454. The molecule has 1 saturated heterocycles. The van der Waals surface area contributed by atoms with Gasteiger partial charge in [0.15, 0.2) is 5.82 Å². The van der Waals surface area contributed by atoms with Crippen molar-refractivity contribution in [2.75, 3.05) is 24.6 Å². The first-order chi connectivity index (χ1) is 8.65. The predicted molar refractivity (Wildman–Crippen MR) is 75.8 cm³/mol. The second kappa shape index (κ2) is 5.90. The molecule has 0 unspecified atom stereocenters. The van der Waals surface area contributed by atoms with Crippen LogP contribution in [0.2, 0.25) is 0 Å². The van der Waals surface area contributed by atoms with Crippen LogP contribution >= 0.6 is 11.8 Å². The van der Waals surface area contributed by atoms with Gasteiger partial charge in [-0.05, 0) is 6.92 Å². The smallest absolute Gasteiger partial charge is 0.175 e. The van der Waals surface area contributed by atoms with Crippen LogP contribution in [0.4, 0.5) is 5.82 Å². The van der Waals surface area contributed by atoms with Crippen LogP contribution in [0.3, 0.4) is 0 Å². The summed E-state index contributed by atoms with van der Waals surface area (Å²) in [5, 5.41) is 14.8. The van der Waals surface area contributed by atoms with Gasteiger partial charge in [0.25, 0.3) is 0 Å². The number of H-pyrrole nitrogens is 1. The minimum Gasteiger partial charge on any atom is -0.387 e. The molecule has 0 aliphatic carbocycles. The Bertz CT molecular complexity index is 446. The molecule has 0 radical (unpaired) electrons. The number of aryl methyl sites for hydroxylation is 1. The van der Waals surface area contributed by atoms with Crippen molar-refractivity contribution in [1.82, 2.24) is 15.1 Å². The fourth-order valence-corrected chi connectivity index (χ4v) is 2.67. The van der Waals surface area contributed by atoms with Crippen molar-refractivity contribution < 1.29 is 0 Å². The zero-order chi connectivity index (χ0) is 13.0. The maximum absolute atomic E-state index is 8.01. The molecule has 1 aliphatic rings. The van der Waals surface area contributed by atoms with Gasteiger partial charge in [-0.1, -0.05) is 0 Å². The van der Waals surface area contributed by atoms with Crippen molar-refractivity contribution >= 4 is 29.3 Å². The van der Waals surface area contributed by atoms with Gasteiger partial charge in [-0.2, -0.15) is 16.9 Å². The van der Waals surface area contributed by atoms with E-state index in [1.807, 2.05) is 24.8 Å². The van der Waals surface area contributed by atoms with E-state index in [1.54, 1.807) is 0 Å². The Kier molecular flexibility index (Phi) is 4.24. The van der Waals surface area contributed by atoms with Gasteiger partial charge >= 0.3 is 0 Å². The molecule has 0 aromatic carbocycles. The van der Waals surface area contributed by atoms with Gasteiger partial charge in [-0.3, -0.25) is 10.5 Å². The minimum absolute atomic E-state index is 0.385. The molecule has 2 rings (SSSR count). The molecule has 4 N–H and O–H groups in total. The second-order valence-corrected chi connectivity index (χ2v) is 5.46. The molecule has 1 aromatic heterocycles. The van der Waals surface area contributed by atoms with Gasteiger partial charge in [0.2, 0.25) is 0 Å². The number of nitrogens with zero attached hydrogens (tertiary/aromatic N) is 3. The molecule has 0 atom stereocenters. The average molecular weight is 266 g/mol. The SMILES string of the molecule is Cc1cc(N=C(N)CC(=N)N2CCSCC2)n[nH]1. The number of nitrogens with two attached hydrogens (primary N) is 1. The summed E-state index contributed by atoms with van der Waals surface area (Å²) in [5.41, 5.74) is 6.79. The summed E-state index contributed by atoms with van der Waals surface area (Å²) >= 11 is 1.93. The maximum atomic E-state index is 8.01. The van der Waals surface area contributed by atoms with E-state index in [4.69, 9.17) is 11.1 Å². The lowest BCUT2D eigenvalue weighted by atomic mass is 10.3. The highest BCUT2D eigenvalue weighted by Crippen LogP contribution is 2.12. The highest BCUT2D eigenvalue weighted by atomic mass is 32.2. The second-order valence-electron chi connectivity index (χ2n) is 4.24. The summed E-state index contributed by atoms with van der Waals surface area (Å²) in [6.45, 7) is 3.77. The number of hydrogen-bond acceptors (Lipinski definition) is 4. The first-order valence-electron chi connectivity index (χ1n) is 5.90. The van der Waals surface area contributed by atoms with Crippen LogP contribution in [0.25, 0.3) is 0 Å². The molecule has 7 heteroatoms. The third-order valence-corrected chi connectivity index (χ3v) is 3.63. The van der Waals surface area contributed by atoms with Crippen LogP contribution in [-0.4, -0.2) is 51.4 Å². The van der Waals surface area contributed by atoms with E-state index in [0.717, 1.165) is 30.3 Å². The maximum Gasteiger partial charge on any atom is 0.175 e. The summed E-state index contributed by atoms with van der Waals surface area (Å²) < 4.78 is 0. The van der Waals surface area contributed by atoms with Crippen molar-refractivity contribution in [3.63, 3.8) is 0 Å². The van der Waals surface area contributed by atoms with Gasteiger partial charge in [-0.25, -0.2) is 4.99 Å². The molecular weight excluding hydrogens is 248 g/mol. The fourth-order valence-electron chi connectivity index (χ4n) is 1.76. The first kappa shape index (κ1) is 12.9. The standard InChI is InChI=1S/C11H18N6S/c1-8-6-11(16-15-8)14-9(12)7-10(13)17-2-4-18-5-3-17/h6,13H,2-5,7H2,1H3,(H3,12,14,15,16). The predicted octanol–water partition coefficient (Wildman–Crippen LogP) is 1.12. The third kappa shape index (κ3) is 3.49. The van der Waals surface area contributed by atoms with E-state index in [0.29, 0.717) is 23.9 Å². The number of hydrogen-bond donors (Lipinski definition) is 3. The Balaban J connectivity index is 1.91. The highest BCUT2D eigenvalue weighted by molar-refractivity contribution is 7.99. The van der Waals surface area contributed by atoms with Crippen LogP contribution < -0.4 is 5.73 Å². The minimum atomic E-state index is 0.385. The molecule has 0 spiro atoms. The topological polar surface area (TPSA) is 94.2 Å². The number of thioether (sulfide) groups is 1. The van der Waals surface area contributed by atoms with E-state index in [9.17, 15) is 0 Å². The molecule has 2 heterocycles. The molecule has 98 valence electrons. The monoisotopic (exact) mass is 266 g/mol. The lowest BCUT2D eigenvalue weighted by Crippen LogP contribution is -2.39. The van der Waals surface area contributed by atoms with Gasteiger partial charge in [0, 0.05) is 36.4 Å². The van der Waals surface area contributed by atoms with Crippen LogP contribution in [0.15, 0.2) is 11.1 Å². The van der Waals surface area contributed by atoms with Gasteiger partial charge in [0.05, 0.1) is 6.42 Å². The summed E-state index contributed by atoms with van der Waals surface area (Å²) in [4.78, 5) is 6.26. The molecule has 0 saturated carbocycles. The molecule has 6 nitrogen and oxygen atoms in total. The van der Waals surface area contributed by atoms with Crippen LogP contribution in [0, 0.1) is 12.3 Å². The number of aromatic nitrogens is 2. The number of rotatable bonds is 3. The van der Waals surface area contributed by atoms with Crippen molar-refractivity contribution in [1.29, 1.82) is 5.41 Å². The third-order valence-electron chi connectivity index (χ3n) is 2.69. The Morgan fingerprint density at radius 1 is 1.61 bits per heavy atom. The number of amidine groups is 2. The molecule has 1 fully saturated rings. The van der Waals surface area contributed by atoms with E-state index in [2.05, 4.69) is 20.1 Å². The molecule has 1 aliphatic heterocycles. The summed E-state index contributed by atoms with van der Waals surface area (Å²) in [5.74, 6) is 3.72. The van der Waals surface area contributed by atoms with Gasteiger partial charge in [-0.15, -0.1) is 0 Å². The van der Waals surface area contributed by atoms with E-state index >= 15 is 0 Å². The van der Waals surface area contributed by atoms with Crippen molar-refractivity contribution in [2.45, 2.75) is 13.3 Å². The Labute approximate surface area is 111 Å². The molecule has 1 aromatic rings. The van der Waals surface area contributed by atoms with E-state index in [-0.39, 0.29) is 0 Å². The molecule has 0 bridgehead atoms. The van der Waals surface area contributed by atoms with Crippen molar-refractivity contribution in [3.05, 3.63) is 11.8 Å². The summed E-state index contributed by atoms with van der Waals surface area (Å²) in [6.07, 6.45) is 0.385. The lowest BCUT2D eigenvalue weighted by Gasteiger charge is -2.28. The Hall–Kier alpha value is -1.50. The molecule has 0 amide bonds. The Morgan fingerprint density at radius 2 is 2.33 bits per heavy atom. The quantitative estimate of drug-likeness (QED) is 0.564. The molecule has 18 heavy (non-hydrogen) atoms. The Morgan fingerprint density at radius 3 is 2.94 bits per heavy atom. The van der Waals surface area contributed by atoms with Gasteiger partial charge < -0.3 is 10.6 Å². The van der Waals surface area contributed by atoms with Crippen molar-refractivity contribution in [3.8, 4) is 0 Å². The van der Waals surface area contributed by atoms with Gasteiger partial charge in [0.1, 0.15) is 11.7 Å². The van der Waals surface area contributed by atoms with E-state index < -0.39 is 0 Å². The average Bonchev–Trinajstić information content (AvgIpc) is 2.75.